The third-order valence-corrected chi connectivity index (χ3v) is 5.60. The van der Waals surface area contributed by atoms with Gasteiger partial charge in [0.2, 0.25) is 0 Å². The molecule has 0 saturated heterocycles. The van der Waals surface area contributed by atoms with Gasteiger partial charge in [0.25, 0.3) is 0 Å². The molecule has 8 nitrogen and oxygen atoms in total. The molecule has 5 heterocycles. The van der Waals surface area contributed by atoms with Crippen molar-refractivity contribution in [3.8, 4) is 22.4 Å². The molecule has 0 fully saturated rings. The monoisotopic (exact) mass is 467 g/mol. The van der Waals surface area contributed by atoms with Crippen LogP contribution in [-0.2, 0) is 6.54 Å². The molecular formula is C23H20F3N7O. The third-order valence-electron chi connectivity index (χ3n) is 5.60. The van der Waals surface area contributed by atoms with Crippen LogP contribution in [0.25, 0.3) is 33.4 Å². The first-order valence-corrected chi connectivity index (χ1v) is 10.5. The van der Waals surface area contributed by atoms with Crippen molar-refractivity contribution in [3.05, 3.63) is 66.2 Å². The Morgan fingerprint density at radius 2 is 1.91 bits per heavy atom. The van der Waals surface area contributed by atoms with Gasteiger partial charge in [0, 0.05) is 35.3 Å². The third kappa shape index (κ3) is 3.93. The molecule has 0 spiro atoms. The van der Waals surface area contributed by atoms with Gasteiger partial charge in [-0.2, -0.15) is 23.4 Å². The largest absolute Gasteiger partial charge is 0.408 e. The highest BCUT2D eigenvalue weighted by molar-refractivity contribution is 5.92. The van der Waals surface area contributed by atoms with Gasteiger partial charge in [0.05, 0.1) is 29.1 Å². The van der Waals surface area contributed by atoms with Crippen molar-refractivity contribution in [2.45, 2.75) is 39.5 Å². The van der Waals surface area contributed by atoms with Crippen molar-refractivity contribution in [2.24, 2.45) is 0 Å². The van der Waals surface area contributed by atoms with Crippen molar-refractivity contribution >= 4 is 11.0 Å². The number of alkyl halides is 3. The van der Waals surface area contributed by atoms with Crippen LogP contribution >= 0.6 is 0 Å². The minimum atomic E-state index is -4.38. The molecule has 5 aromatic heterocycles. The molecule has 0 aliphatic rings. The highest BCUT2D eigenvalue weighted by Crippen LogP contribution is 2.34. The second-order valence-electron chi connectivity index (χ2n) is 8.06. The van der Waals surface area contributed by atoms with Gasteiger partial charge < -0.3 is 4.52 Å². The summed E-state index contributed by atoms with van der Waals surface area (Å²) in [5, 5.41) is 12.6. The summed E-state index contributed by atoms with van der Waals surface area (Å²) in [5.74, 6) is 0.663. The summed E-state index contributed by atoms with van der Waals surface area (Å²) in [6.07, 6.45) is 1.71. The predicted octanol–water partition coefficient (Wildman–Crippen LogP) is 5.13. The summed E-state index contributed by atoms with van der Waals surface area (Å²) >= 11 is 0. The highest BCUT2D eigenvalue weighted by atomic mass is 19.4. The molecule has 0 aliphatic heterocycles. The van der Waals surface area contributed by atoms with E-state index in [2.05, 4.69) is 20.2 Å². The molecule has 0 unspecified atom stereocenters. The maximum atomic E-state index is 12.8. The van der Waals surface area contributed by atoms with E-state index in [1.807, 2.05) is 45.0 Å². The molecule has 34 heavy (non-hydrogen) atoms. The van der Waals surface area contributed by atoms with Crippen LogP contribution in [0.3, 0.4) is 0 Å². The number of pyridine rings is 2. The van der Waals surface area contributed by atoms with Crippen LogP contribution in [0.5, 0.6) is 0 Å². The van der Waals surface area contributed by atoms with Gasteiger partial charge in [-0.15, -0.1) is 0 Å². The Kier molecular flexibility index (Phi) is 5.18. The molecule has 5 rings (SSSR count). The van der Waals surface area contributed by atoms with Gasteiger partial charge in [-0.05, 0) is 39.0 Å². The van der Waals surface area contributed by atoms with E-state index in [9.17, 15) is 13.2 Å². The summed E-state index contributed by atoms with van der Waals surface area (Å²) in [7, 11) is 0. The van der Waals surface area contributed by atoms with E-state index < -0.39 is 12.7 Å². The molecule has 0 bridgehead atoms. The van der Waals surface area contributed by atoms with Gasteiger partial charge in [0.15, 0.2) is 0 Å². The molecule has 5 aromatic rings. The lowest BCUT2D eigenvalue weighted by molar-refractivity contribution is -0.142. The van der Waals surface area contributed by atoms with Crippen LogP contribution < -0.4 is 0 Å². The number of rotatable bonds is 5. The van der Waals surface area contributed by atoms with Crippen LogP contribution in [0.4, 0.5) is 13.2 Å². The van der Waals surface area contributed by atoms with Crippen molar-refractivity contribution in [1.82, 2.24) is 34.7 Å². The molecular weight excluding hydrogens is 447 g/mol. The standard InChI is InChI=1S/C23H20F3N7O/c1-13-20(15(3)34-31-13)16-8-19-22(28-9-16)21(17-10-29-32(11-17)12-23(24,25)26)30-33(19)14(2)18-6-4-5-7-27-18/h4-11,14H,12H2,1-3H3/t14-/m0/s1. The Morgan fingerprint density at radius 1 is 1.09 bits per heavy atom. The van der Waals surface area contributed by atoms with E-state index in [1.165, 1.54) is 12.4 Å². The van der Waals surface area contributed by atoms with Crippen LogP contribution in [0.2, 0.25) is 0 Å². The normalized spacial score (nSPS) is 13.0. The van der Waals surface area contributed by atoms with Crippen molar-refractivity contribution in [3.63, 3.8) is 0 Å². The van der Waals surface area contributed by atoms with E-state index in [1.54, 1.807) is 17.1 Å². The fraction of sp³-hybridized carbons (Fsp3) is 0.261. The molecule has 0 saturated carbocycles. The van der Waals surface area contributed by atoms with E-state index >= 15 is 0 Å². The van der Waals surface area contributed by atoms with Gasteiger partial charge >= 0.3 is 6.18 Å². The Labute approximate surface area is 192 Å². The second kappa shape index (κ2) is 8.08. The minimum Gasteiger partial charge on any atom is -0.361 e. The van der Waals surface area contributed by atoms with Gasteiger partial charge in [0.1, 0.15) is 23.5 Å². The first kappa shape index (κ1) is 21.8. The SMILES string of the molecule is Cc1noc(C)c1-c1cnc2c(-c3cnn(CC(F)(F)F)c3)nn([C@@H](C)c3ccccn3)c2c1. The zero-order valence-electron chi connectivity index (χ0n) is 18.6. The summed E-state index contributed by atoms with van der Waals surface area (Å²) in [5.41, 5.74) is 5.30. The van der Waals surface area contributed by atoms with Crippen LogP contribution in [-0.4, -0.2) is 40.9 Å². The lowest BCUT2D eigenvalue weighted by atomic mass is 10.1. The minimum absolute atomic E-state index is 0.260. The van der Waals surface area contributed by atoms with Crippen molar-refractivity contribution in [2.75, 3.05) is 0 Å². The Hall–Kier alpha value is -4.02. The van der Waals surface area contributed by atoms with E-state index in [-0.39, 0.29) is 6.04 Å². The van der Waals surface area contributed by atoms with Crippen LogP contribution in [0.15, 0.2) is 53.6 Å². The molecule has 0 amide bonds. The zero-order valence-corrected chi connectivity index (χ0v) is 18.6. The van der Waals surface area contributed by atoms with E-state index in [4.69, 9.17) is 9.62 Å². The Bertz CT molecular complexity index is 1450. The van der Waals surface area contributed by atoms with Crippen LogP contribution in [0, 0.1) is 13.8 Å². The lowest BCUT2D eigenvalue weighted by Crippen LogP contribution is -2.17. The van der Waals surface area contributed by atoms with Crippen molar-refractivity contribution in [1.29, 1.82) is 0 Å². The van der Waals surface area contributed by atoms with Gasteiger partial charge in [-0.3, -0.25) is 19.3 Å². The molecule has 1 atom stereocenters. The molecule has 0 aliphatic carbocycles. The van der Waals surface area contributed by atoms with E-state index in [0.717, 1.165) is 27.2 Å². The topological polar surface area (TPSA) is 87.5 Å². The maximum Gasteiger partial charge on any atom is 0.408 e. The maximum absolute atomic E-state index is 12.8. The molecule has 0 radical (unpaired) electrons. The Balaban J connectivity index is 1.68. The summed E-state index contributed by atoms with van der Waals surface area (Å²) < 4.78 is 46.4. The fourth-order valence-electron chi connectivity index (χ4n) is 4.05. The summed E-state index contributed by atoms with van der Waals surface area (Å²) in [6, 6.07) is 7.29. The molecule has 0 N–H and O–H groups in total. The first-order valence-electron chi connectivity index (χ1n) is 10.5. The van der Waals surface area contributed by atoms with Crippen molar-refractivity contribution < 1.29 is 17.7 Å². The molecule has 0 aromatic carbocycles. The second-order valence-corrected chi connectivity index (χ2v) is 8.06. The average Bonchev–Trinajstić information content (AvgIpc) is 3.49. The molecule has 174 valence electrons. The van der Waals surface area contributed by atoms with Crippen LogP contribution in [0.1, 0.15) is 30.1 Å². The fourth-order valence-corrected chi connectivity index (χ4v) is 4.05. The number of fused-ring (bicyclic) bond motifs is 1. The Morgan fingerprint density at radius 3 is 2.59 bits per heavy atom. The smallest absolute Gasteiger partial charge is 0.361 e. The quantitative estimate of drug-likeness (QED) is 0.356. The number of nitrogens with zero attached hydrogens (tertiary/aromatic N) is 7. The van der Waals surface area contributed by atoms with Gasteiger partial charge in [-0.25, -0.2) is 0 Å². The number of hydrogen-bond acceptors (Lipinski definition) is 6. The summed E-state index contributed by atoms with van der Waals surface area (Å²) in [6.45, 7) is 4.45. The van der Waals surface area contributed by atoms with E-state index in [0.29, 0.717) is 28.1 Å². The zero-order chi connectivity index (χ0) is 24.0. The number of aromatic nitrogens is 7. The number of hydrogen-bond donors (Lipinski definition) is 0. The predicted molar refractivity (Wildman–Crippen MR) is 118 cm³/mol. The average molecular weight is 467 g/mol. The number of aryl methyl sites for hydroxylation is 2. The molecule has 11 heteroatoms. The number of halogens is 3. The lowest BCUT2D eigenvalue weighted by Gasteiger charge is -2.13. The van der Waals surface area contributed by atoms with Gasteiger partial charge in [-0.1, -0.05) is 11.2 Å². The first-order chi connectivity index (χ1) is 16.2. The summed E-state index contributed by atoms with van der Waals surface area (Å²) in [4.78, 5) is 9.08. The highest BCUT2D eigenvalue weighted by Gasteiger charge is 2.29.